The van der Waals surface area contributed by atoms with Crippen LogP contribution in [-0.4, -0.2) is 25.0 Å². The van der Waals surface area contributed by atoms with E-state index >= 15 is 0 Å². The Morgan fingerprint density at radius 2 is 2.27 bits per heavy atom. The molecule has 1 atom stereocenters. The Morgan fingerprint density at radius 3 is 2.80 bits per heavy atom. The first-order valence-electron chi connectivity index (χ1n) is 5.66. The maximum atomic E-state index is 11.8. The predicted octanol–water partition coefficient (Wildman–Crippen LogP) is 0.794. The number of hydrogen-bond donors (Lipinski definition) is 2. The van der Waals surface area contributed by atoms with Gasteiger partial charge in [-0.2, -0.15) is 5.26 Å². The van der Waals surface area contributed by atoms with E-state index in [1.165, 1.54) is 0 Å². The van der Waals surface area contributed by atoms with Gasteiger partial charge in [-0.1, -0.05) is 6.92 Å². The SMILES string of the molecule is CCC(CC#N)NC(=O)C1CCNCC1. The number of carbonyl (C=O) groups is 1. The Kier molecular flexibility index (Phi) is 5.13. The van der Waals surface area contributed by atoms with Crippen molar-refractivity contribution in [2.24, 2.45) is 5.92 Å². The Balaban J connectivity index is 2.35. The van der Waals surface area contributed by atoms with Crippen molar-refractivity contribution >= 4 is 5.91 Å². The minimum absolute atomic E-state index is 0.0254. The minimum Gasteiger partial charge on any atom is -0.352 e. The van der Waals surface area contributed by atoms with E-state index in [-0.39, 0.29) is 17.9 Å². The van der Waals surface area contributed by atoms with Gasteiger partial charge in [-0.05, 0) is 32.4 Å². The van der Waals surface area contributed by atoms with Gasteiger partial charge in [-0.25, -0.2) is 0 Å². The standard InChI is InChI=1S/C11H19N3O/c1-2-10(3-6-12)14-11(15)9-4-7-13-8-5-9/h9-10,13H,2-5,7-8H2,1H3,(H,14,15). The number of nitrogens with zero attached hydrogens (tertiary/aromatic N) is 1. The zero-order chi connectivity index (χ0) is 11.1. The lowest BCUT2D eigenvalue weighted by Crippen LogP contribution is -2.42. The van der Waals surface area contributed by atoms with E-state index in [1.807, 2.05) is 6.92 Å². The second-order valence-electron chi connectivity index (χ2n) is 4.00. The molecule has 1 aliphatic rings. The van der Waals surface area contributed by atoms with Gasteiger partial charge in [-0.3, -0.25) is 4.79 Å². The molecule has 1 heterocycles. The first-order chi connectivity index (χ1) is 7.27. The van der Waals surface area contributed by atoms with Crippen LogP contribution in [0.2, 0.25) is 0 Å². The van der Waals surface area contributed by atoms with Gasteiger partial charge < -0.3 is 10.6 Å². The van der Waals surface area contributed by atoms with Crippen LogP contribution in [0.3, 0.4) is 0 Å². The molecule has 0 aromatic heterocycles. The fourth-order valence-electron chi connectivity index (χ4n) is 1.81. The monoisotopic (exact) mass is 209 g/mol. The van der Waals surface area contributed by atoms with Crippen LogP contribution in [0, 0.1) is 17.2 Å². The fourth-order valence-corrected chi connectivity index (χ4v) is 1.81. The summed E-state index contributed by atoms with van der Waals surface area (Å²) in [6, 6.07) is 2.13. The van der Waals surface area contributed by atoms with Gasteiger partial charge in [0, 0.05) is 12.0 Å². The van der Waals surface area contributed by atoms with Gasteiger partial charge in [0.25, 0.3) is 0 Å². The van der Waals surface area contributed by atoms with Gasteiger partial charge in [0.2, 0.25) is 5.91 Å². The zero-order valence-electron chi connectivity index (χ0n) is 9.25. The molecule has 15 heavy (non-hydrogen) atoms. The van der Waals surface area contributed by atoms with Crippen molar-refractivity contribution < 1.29 is 4.79 Å². The molecule has 0 aliphatic carbocycles. The third-order valence-corrected chi connectivity index (χ3v) is 2.89. The minimum atomic E-state index is 0.0254. The third-order valence-electron chi connectivity index (χ3n) is 2.89. The summed E-state index contributed by atoms with van der Waals surface area (Å²) in [6.07, 6.45) is 3.06. The van der Waals surface area contributed by atoms with E-state index in [0.717, 1.165) is 32.4 Å². The molecule has 0 spiro atoms. The van der Waals surface area contributed by atoms with E-state index in [1.54, 1.807) is 0 Å². The molecule has 0 radical (unpaired) electrons. The lowest BCUT2D eigenvalue weighted by molar-refractivity contribution is -0.126. The normalized spacial score (nSPS) is 19.2. The van der Waals surface area contributed by atoms with E-state index in [4.69, 9.17) is 5.26 Å². The van der Waals surface area contributed by atoms with Crippen molar-refractivity contribution in [2.75, 3.05) is 13.1 Å². The summed E-state index contributed by atoms with van der Waals surface area (Å²) in [6.45, 7) is 3.84. The molecule has 1 unspecified atom stereocenters. The molecule has 1 rings (SSSR count). The first kappa shape index (κ1) is 12.0. The van der Waals surface area contributed by atoms with E-state index in [2.05, 4.69) is 16.7 Å². The molecule has 1 fully saturated rings. The molecular weight excluding hydrogens is 190 g/mol. The van der Waals surface area contributed by atoms with Gasteiger partial charge in [-0.15, -0.1) is 0 Å². The molecule has 4 nitrogen and oxygen atoms in total. The number of amides is 1. The van der Waals surface area contributed by atoms with Crippen molar-refractivity contribution in [3.63, 3.8) is 0 Å². The second-order valence-corrected chi connectivity index (χ2v) is 4.00. The first-order valence-corrected chi connectivity index (χ1v) is 5.66. The fraction of sp³-hybridized carbons (Fsp3) is 0.818. The van der Waals surface area contributed by atoms with Gasteiger partial charge >= 0.3 is 0 Å². The largest absolute Gasteiger partial charge is 0.352 e. The summed E-state index contributed by atoms with van der Waals surface area (Å²) in [4.78, 5) is 11.8. The average Bonchev–Trinajstić information content (AvgIpc) is 2.29. The molecule has 1 amide bonds. The van der Waals surface area contributed by atoms with Crippen molar-refractivity contribution in [1.82, 2.24) is 10.6 Å². The van der Waals surface area contributed by atoms with Gasteiger partial charge in [0.1, 0.15) is 0 Å². The maximum absolute atomic E-state index is 11.8. The van der Waals surface area contributed by atoms with E-state index < -0.39 is 0 Å². The zero-order valence-corrected chi connectivity index (χ0v) is 9.25. The highest BCUT2D eigenvalue weighted by Gasteiger charge is 2.22. The molecule has 0 bridgehead atoms. The van der Waals surface area contributed by atoms with E-state index in [9.17, 15) is 4.79 Å². The summed E-state index contributed by atoms with van der Waals surface area (Å²) in [5, 5.41) is 14.8. The Morgan fingerprint density at radius 1 is 1.60 bits per heavy atom. The van der Waals surface area contributed by atoms with Crippen LogP contribution in [0.1, 0.15) is 32.6 Å². The van der Waals surface area contributed by atoms with Crippen molar-refractivity contribution in [3.05, 3.63) is 0 Å². The summed E-state index contributed by atoms with van der Waals surface area (Å²) in [5.74, 6) is 0.262. The smallest absolute Gasteiger partial charge is 0.223 e. The summed E-state index contributed by atoms with van der Waals surface area (Å²) in [7, 11) is 0. The maximum Gasteiger partial charge on any atom is 0.223 e. The number of nitrogens with one attached hydrogen (secondary N) is 2. The van der Waals surface area contributed by atoms with Gasteiger partial charge in [0.15, 0.2) is 0 Å². The summed E-state index contributed by atoms with van der Waals surface area (Å²) in [5.41, 5.74) is 0. The topological polar surface area (TPSA) is 64.9 Å². The molecule has 1 saturated heterocycles. The molecule has 2 N–H and O–H groups in total. The molecular formula is C11H19N3O. The van der Waals surface area contributed by atoms with Crippen molar-refractivity contribution in [3.8, 4) is 6.07 Å². The number of rotatable bonds is 4. The van der Waals surface area contributed by atoms with Crippen LogP contribution < -0.4 is 10.6 Å². The van der Waals surface area contributed by atoms with Crippen LogP contribution in [-0.2, 0) is 4.79 Å². The number of carbonyl (C=O) groups excluding carboxylic acids is 1. The summed E-state index contributed by atoms with van der Waals surface area (Å²) < 4.78 is 0. The van der Waals surface area contributed by atoms with Crippen LogP contribution in [0.4, 0.5) is 0 Å². The summed E-state index contributed by atoms with van der Waals surface area (Å²) >= 11 is 0. The second kappa shape index (κ2) is 6.41. The molecule has 0 saturated carbocycles. The molecule has 84 valence electrons. The Labute approximate surface area is 91.0 Å². The van der Waals surface area contributed by atoms with Crippen molar-refractivity contribution in [1.29, 1.82) is 5.26 Å². The quantitative estimate of drug-likeness (QED) is 0.719. The number of nitriles is 1. The van der Waals surface area contributed by atoms with Crippen LogP contribution in [0.15, 0.2) is 0 Å². The highest BCUT2D eigenvalue weighted by Crippen LogP contribution is 2.12. The number of hydrogen-bond acceptors (Lipinski definition) is 3. The highest BCUT2D eigenvalue weighted by molar-refractivity contribution is 5.79. The van der Waals surface area contributed by atoms with E-state index in [0.29, 0.717) is 6.42 Å². The molecule has 0 aromatic rings. The Hall–Kier alpha value is -1.08. The predicted molar refractivity (Wildman–Crippen MR) is 58.0 cm³/mol. The number of piperidine rings is 1. The Bertz CT molecular complexity index is 241. The lowest BCUT2D eigenvalue weighted by Gasteiger charge is -2.24. The van der Waals surface area contributed by atoms with Crippen LogP contribution >= 0.6 is 0 Å². The van der Waals surface area contributed by atoms with Crippen LogP contribution in [0.5, 0.6) is 0 Å². The van der Waals surface area contributed by atoms with Gasteiger partial charge in [0.05, 0.1) is 12.5 Å². The molecule has 1 aliphatic heterocycles. The van der Waals surface area contributed by atoms with Crippen molar-refractivity contribution in [2.45, 2.75) is 38.6 Å². The highest BCUT2D eigenvalue weighted by atomic mass is 16.1. The third kappa shape index (κ3) is 3.88. The molecule has 4 heteroatoms. The average molecular weight is 209 g/mol. The lowest BCUT2D eigenvalue weighted by atomic mass is 9.96. The van der Waals surface area contributed by atoms with Crippen LogP contribution in [0.25, 0.3) is 0 Å². The molecule has 0 aromatic carbocycles.